The van der Waals surface area contributed by atoms with E-state index in [1.165, 1.54) is 6.20 Å². The third-order valence-electron chi connectivity index (χ3n) is 4.85. The van der Waals surface area contributed by atoms with E-state index in [2.05, 4.69) is 36.1 Å². The molecule has 0 saturated heterocycles. The van der Waals surface area contributed by atoms with Gasteiger partial charge in [0.25, 0.3) is 5.91 Å². The van der Waals surface area contributed by atoms with E-state index in [4.69, 9.17) is 11.6 Å². The normalized spacial score (nSPS) is 18.2. The molecule has 2 aromatic heterocycles. The number of H-pyrrole nitrogens is 1. The minimum atomic E-state index is -0.543. The van der Waals surface area contributed by atoms with E-state index in [0.717, 1.165) is 18.5 Å². The third kappa shape index (κ3) is 4.69. The Hall–Kier alpha value is -3.17. The number of aromatic nitrogens is 4. The average Bonchev–Trinajstić information content (AvgIpc) is 3.31. The maximum atomic E-state index is 12.9. The molecule has 1 amide bonds. The highest BCUT2D eigenvalue weighted by atomic mass is 35.5. The second-order valence-corrected chi connectivity index (χ2v) is 7.66. The molecule has 2 heterocycles. The third-order valence-corrected chi connectivity index (χ3v) is 5.10. The Balaban J connectivity index is 1.61. The molecule has 0 aliphatic heterocycles. The van der Waals surface area contributed by atoms with Crippen LogP contribution in [0.1, 0.15) is 35.4 Å². The number of carbonyl (C=O) groups is 1. The van der Waals surface area contributed by atoms with Crippen LogP contribution >= 0.6 is 11.6 Å². The summed E-state index contributed by atoms with van der Waals surface area (Å²) in [7, 11) is 0. The molecule has 10 heteroatoms. The van der Waals surface area contributed by atoms with Gasteiger partial charge in [0.15, 0.2) is 23.1 Å². The smallest absolute Gasteiger partial charge is 0.274 e. The number of nitrogens with zero attached hydrogens (tertiary/aromatic N) is 3. The number of aryl methyl sites for hydroxylation is 1. The van der Waals surface area contributed by atoms with Crippen molar-refractivity contribution < 1.29 is 9.90 Å². The van der Waals surface area contributed by atoms with Gasteiger partial charge in [0, 0.05) is 22.5 Å². The lowest BCUT2D eigenvalue weighted by molar-refractivity contribution is 0.0869. The number of carbonyl (C=O) groups excluding carboxylic acids is 1. The first kappa shape index (κ1) is 20.1. The summed E-state index contributed by atoms with van der Waals surface area (Å²) >= 11 is 5.96. The summed E-state index contributed by atoms with van der Waals surface area (Å²) in [5.41, 5.74) is 1.74. The van der Waals surface area contributed by atoms with Crippen molar-refractivity contribution in [2.75, 3.05) is 10.6 Å². The van der Waals surface area contributed by atoms with Crippen molar-refractivity contribution >= 4 is 40.6 Å². The fraction of sp³-hybridized carbons (Fsp3) is 0.300. The summed E-state index contributed by atoms with van der Waals surface area (Å²) in [6, 6.07) is 8.58. The second kappa shape index (κ2) is 8.68. The summed E-state index contributed by atoms with van der Waals surface area (Å²) in [6.07, 6.45) is 3.21. The van der Waals surface area contributed by atoms with Crippen LogP contribution in [-0.4, -0.2) is 43.3 Å². The van der Waals surface area contributed by atoms with E-state index in [1.54, 1.807) is 24.3 Å². The van der Waals surface area contributed by atoms with Crippen LogP contribution in [0.3, 0.4) is 0 Å². The maximum absolute atomic E-state index is 12.9. The van der Waals surface area contributed by atoms with E-state index in [-0.39, 0.29) is 17.6 Å². The van der Waals surface area contributed by atoms with Crippen LogP contribution in [0.25, 0.3) is 0 Å². The number of rotatable bonds is 6. The predicted molar refractivity (Wildman–Crippen MR) is 114 cm³/mol. The summed E-state index contributed by atoms with van der Waals surface area (Å²) < 4.78 is 0. The molecule has 156 valence electrons. The molecular formula is C20H22ClN7O2. The number of nitrogens with one attached hydrogen (secondary N) is 4. The lowest BCUT2D eigenvalue weighted by Crippen LogP contribution is -2.40. The highest BCUT2D eigenvalue weighted by molar-refractivity contribution is 6.30. The van der Waals surface area contributed by atoms with E-state index in [0.29, 0.717) is 28.8 Å². The van der Waals surface area contributed by atoms with Gasteiger partial charge in [-0.05, 0) is 50.5 Å². The Morgan fingerprint density at radius 3 is 2.67 bits per heavy atom. The van der Waals surface area contributed by atoms with Crippen molar-refractivity contribution in [3.8, 4) is 0 Å². The summed E-state index contributed by atoms with van der Waals surface area (Å²) in [4.78, 5) is 21.7. The van der Waals surface area contributed by atoms with Gasteiger partial charge >= 0.3 is 0 Å². The Labute approximate surface area is 178 Å². The molecule has 1 aromatic carbocycles. The molecule has 1 aliphatic rings. The molecule has 9 nitrogen and oxygen atoms in total. The van der Waals surface area contributed by atoms with Crippen LogP contribution < -0.4 is 16.0 Å². The summed E-state index contributed by atoms with van der Waals surface area (Å²) in [5.74, 6) is 0.896. The number of amides is 1. The second-order valence-electron chi connectivity index (χ2n) is 7.22. The Morgan fingerprint density at radius 2 is 2.00 bits per heavy atom. The van der Waals surface area contributed by atoms with Gasteiger partial charge in [-0.15, -0.1) is 0 Å². The molecule has 1 fully saturated rings. The fourth-order valence-corrected chi connectivity index (χ4v) is 3.46. The predicted octanol–water partition coefficient (Wildman–Crippen LogP) is 3.29. The van der Waals surface area contributed by atoms with Crippen molar-refractivity contribution in [3.63, 3.8) is 0 Å². The number of halogens is 1. The largest absolute Gasteiger partial charge is 0.391 e. The first-order valence-electron chi connectivity index (χ1n) is 9.65. The average molecular weight is 428 g/mol. The van der Waals surface area contributed by atoms with Crippen molar-refractivity contribution in [1.29, 1.82) is 0 Å². The van der Waals surface area contributed by atoms with Crippen LogP contribution in [0.15, 0.2) is 36.5 Å². The number of aliphatic hydroxyl groups is 1. The summed E-state index contributed by atoms with van der Waals surface area (Å²) in [5, 5.41) is 26.6. The zero-order valence-corrected chi connectivity index (χ0v) is 17.1. The zero-order chi connectivity index (χ0) is 21.1. The van der Waals surface area contributed by atoms with Gasteiger partial charge in [-0.2, -0.15) is 5.10 Å². The standard InChI is InChI=1S/C20H22ClN7O2/c1-11-9-16(28-27-11)25-17-10-22-18(20(30)24-14-3-2-4-15(14)29)19(26-17)23-13-7-5-12(21)6-8-13/h5-10,14-15,29H,2-4H2,1H3,(H,24,30)(H3,23,25,26,27,28)/t14-,15-/m1/s1. The molecule has 4 rings (SSSR count). The van der Waals surface area contributed by atoms with Crippen LogP contribution in [0, 0.1) is 6.92 Å². The van der Waals surface area contributed by atoms with E-state index >= 15 is 0 Å². The molecule has 0 radical (unpaired) electrons. The van der Waals surface area contributed by atoms with Crippen molar-refractivity contribution in [3.05, 3.63) is 52.9 Å². The lowest BCUT2D eigenvalue weighted by Gasteiger charge is -2.18. The minimum absolute atomic E-state index is 0.132. The first-order valence-corrected chi connectivity index (χ1v) is 10.0. The van der Waals surface area contributed by atoms with E-state index in [9.17, 15) is 9.90 Å². The van der Waals surface area contributed by atoms with Crippen molar-refractivity contribution in [2.24, 2.45) is 0 Å². The minimum Gasteiger partial charge on any atom is -0.391 e. The number of aromatic amines is 1. The number of hydrogen-bond donors (Lipinski definition) is 5. The van der Waals surface area contributed by atoms with Gasteiger partial charge in [-0.25, -0.2) is 9.97 Å². The van der Waals surface area contributed by atoms with Crippen LogP contribution in [-0.2, 0) is 0 Å². The summed E-state index contributed by atoms with van der Waals surface area (Å²) in [6.45, 7) is 1.89. The molecule has 3 aromatic rings. The molecule has 2 atom stereocenters. The molecule has 1 saturated carbocycles. The topological polar surface area (TPSA) is 128 Å². The van der Waals surface area contributed by atoms with Crippen molar-refractivity contribution in [2.45, 2.75) is 38.3 Å². The first-order chi connectivity index (χ1) is 14.5. The Bertz CT molecular complexity index is 1040. The molecular weight excluding hydrogens is 406 g/mol. The van der Waals surface area contributed by atoms with Crippen molar-refractivity contribution in [1.82, 2.24) is 25.5 Å². The Morgan fingerprint density at radius 1 is 1.20 bits per heavy atom. The zero-order valence-electron chi connectivity index (χ0n) is 16.3. The monoisotopic (exact) mass is 427 g/mol. The van der Waals surface area contributed by atoms with Gasteiger partial charge in [0.1, 0.15) is 0 Å². The quantitative estimate of drug-likeness (QED) is 0.408. The van der Waals surface area contributed by atoms with Gasteiger partial charge < -0.3 is 21.1 Å². The molecule has 0 spiro atoms. The van der Waals surface area contributed by atoms with Crippen LogP contribution in [0.2, 0.25) is 5.02 Å². The van der Waals surface area contributed by atoms with Gasteiger partial charge in [0.05, 0.1) is 18.3 Å². The van der Waals surface area contributed by atoms with Gasteiger partial charge in [-0.1, -0.05) is 11.6 Å². The molecule has 1 aliphatic carbocycles. The highest BCUT2D eigenvalue weighted by Crippen LogP contribution is 2.24. The SMILES string of the molecule is Cc1cc(Nc2cnc(C(=O)N[C@@H]3CCC[C@H]3O)c(Nc3ccc(Cl)cc3)n2)n[nH]1. The lowest BCUT2D eigenvalue weighted by atomic mass is 10.2. The number of hydrogen-bond acceptors (Lipinski definition) is 7. The Kier molecular flexibility index (Phi) is 5.82. The highest BCUT2D eigenvalue weighted by Gasteiger charge is 2.28. The van der Waals surface area contributed by atoms with Gasteiger partial charge in [0.2, 0.25) is 0 Å². The van der Waals surface area contributed by atoms with Crippen LogP contribution in [0.5, 0.6) is 0 Å². The number of benzene rings is 1. The molecule has 5 N–H and O–H groups in total. The number of anilines is 4. The van der Waals surface area contributed by atoms with Crippen LogP contribution in [0.4, 0.5) is 23.1 Å². The van der Waals surface area contributed by atoms with Gasteiger partial charge in [-0.3, -0.25) is 9.89 Å². The molecule has 0 bridgehead atoms. The van der Waals surface area contributed by atoms with E-state index < -0.39 is 12.0 Å². The fourth-order valence-electron chi connectivity index (χ4n) is 3.33. The maximum Gasteiger partial charge on any atom is 0.274 e. The number of aliphatic hydroxyl groups excluding tert-OH is 1. The van der Waals surface area contributed by atoms with E-state index in [1.807, 2.05) is 13.0 Å². The molecule has 0 unspecified atom stereocenters. The molecule has 30 heavy (non-hydrogen) atoms.